The van der Waals surface area contributed by atoms with Gasteiger partial charge in [0.15, 0.2) is 0 Å². The Morgan fingerprint density at radius 3 is 2.53 bits per heavy atom. The smallest absolute Gasteiger partial charge is 0.222 e. The summed E-state index contributed by atoms with van der Waals surface area (Å²) < 4.78 is 1.04. The molecule has 1 aliphatic rings. The van der Waals surface area contributed by atoms with Crippen molar-refractivity contribution >= 4 is 21.8 Å². The molecule has 0 heterocycles. The van der Waals surface area contributed by atoms with Crippen molar-refractivity contribution in [3.63, 3.8) is 0 Å². The van der Waals surface area contributed by atoms with Crippen LogP contribution in [0.15, 0.2) is 28.7 Å². The number of hydrogen-bond acceptors (Lipinski definition) is 2. The molecule has 1 aliphatic carbocycles. The Morgan fingerprint density at radius 2 is 2.00 bits per heavy atom. The molecule has 1 saturated carbocycles. The van der Waals surface area contributed by atoms with Crippen molar-refractivity contribution < 1.29 is 4.79 Å². The van der Waals surface area contributed by atoms with Gasteiger partial charge in [0.2, 0.25) is 5.91 Å². The molecule has 0 bridgehead atoms. The zero-order chi connectivity index (χ0) is 14.0. The van der Waals surface area contributed by atoms with Crippen LogP contribution in [0.5, 0.6) is 0 Å². The number of rotatable bonds is 5. The van der Waals surface area contributed by atoms with E-state index in [1.165, 1.54) is 12.8 Å². The van der Waals surface area contributed by atoms with Gasteiger partial charge >= 0.3 is 0 Å². The minimum atomic E-state index is -0.374. The number of nitrogens with two attached hydrogens (primary N) is 1. The number of hydrogen-bond donors (Lipinski definition) is 2. The first-order valence-electron chi connectivity index (χ1n) is 6.71. The quantitative estimate of drug-likeness (QED) is 0.874. The van der Waals surface area contributed by atoms with Crippen molar-refractivity contribution in [1.82, 2.24) is 5.32 Å². The van der Waals surface area contributed by atoms with Gasteiger partial charge < -0.3 is 11.1 Å². The van der Waals surface area contributed by atoms with E-state index in [9.17, 15) is 4.79 Å². The SMILES string of the molecule is CC(C)(NC(=O)CC(N)C1CC1)c1ccc(Br)cc1. The molecular formula is C15H21BrN2O. The molecule has 0 radical (unpaired) electrons. The highest BCUT2D eigenvalue weighted by Gasteiger charge is 2.31. The fraction of sp³-hybridized carbons (Fsp3) is 0.533. The van der Waals surface area contributed by atoms with Crippen LogP contribution in [0.1, 0.15) is 38.7 Å². The molecule has 0 saturated heterocycles. The summed E-state index contributed by atoms with van der Waals surface area (Å²) in [5.74, 6) is 0.592. The van der Waals surface area contributed by atoms with Crippen LogP contribution in [0, 0.1) is 5.92 Å². The van der Waals surface area contributed by atoms with E-state index in [0.717, 1.165) is 10.0 Å². The molecule has 0 aromatic heterocycles. The van der Waals surface area contributed by atoms with Crippen molar-refractivity contribution in [3.8, 4) is 0 Å². The summed E-state index contributed by atoms with van der Waals surface area (Å²) >= 11 is 3.41. The van der Waals surface area contributed by atoms with Gasteiger partial charge in [-0.15, -0.1) is 0 Å². The molecule has 3 nitrogen and oxygen atoms in total. The number of amides is 1. The Kier molecular flexibility index (Phi) is 4.31. The van der Waals surface area contributed by atoms with Crippen LogP contribution in [0.3, 0.4) is 0 Å². The first-order chi connectivity index (χ1) is 8.88. The van der Waals surface area contributed by atoms with Gasteiger partial charge in [0, 0.05) is 16.9 Å². The monoisotopic (exact) mass is 324 g/mol. The minimum Gasteiger partial charge on any atom is -0.347 e. The Hall–Kier alpha value is -0.870. The fourth-order valence-corrected chi connectivity index (χ4v) is 2.51. The Morgan fingerprint density at radius 1 is 1.42 bits per heavy atom. The third-order valence-electron chi connectivity index (χ3n) is 3.67. The summed E-state index contributed by atoms with van der Waals surface area (Å²) in [6.45, 7) is 4.02. The topological polar surface area (TPSA) is 55.1 Å². The molecule has 0 aliphatic heterocycles. The molecule has 0 spiro atoms. The summed E-state index contributed by atoms with van der Waals surface area (Å²) in [4.78, 5) is 12.0. The highest BCUT2D eigenvalue weighted by molar-refractivity contribution is 9.10. The lowest BCUT2D eigenvalue weighted by molar-refractivity contribution is -0.123. The minimum absolute atomic E-state index is 0.0146. The van der Waals surface area contributed by atoms with Crippen LogP contribution in [-0.2, 0) is 10.3 Å². The van der Waals surface area contributed by atoms with Crippen molar-refractivity contribution in [2.24, 2.45) is 11.7 Å². The number of benzene rings is 1. The summed E-state index contributed by atoms with van der Waals surface area (Å²) in [7, 11) is 0. The molecule has 104 valence electrons. The van der Waals surface area contributed by atoms with E-state index in [1.54, 1.807) is 0 Å². The second kappa shape index (κ2) is 5.63. The maximum Gasteiger partial charge on any atom is 0.222 e. The summed E-state index contributed by atoms with van der Waals surface area (Å²) in [6.07, 6.45) is 2.76. The molecule has 4 heteroatoms. The van der Waals surface area contributed by atoms with E-state index >= 15 is 0 Å². The van der Waals surface area contributed by atoms with E-state index in [1.807, 2.05) is 38.1 Å². The average molecular weight is 325 g/mol. The van der Waals surface area contributed by atoms with Crippen LogP contribution in [-0.4, -0.2) is 11.9 Å². The molecule has 2 rings (SSSR count). The van der Waals surface area contributed by atoms with Crippen LogP contribution in [0.25, 0.3) is 0 Å². The number of carbonyl (C=O) groups excluding carboxylic acids is 1. The first kappa shape index (κ1) is 14.5. The van der Waals surface area contributed by atoms with E-state index in [0.29, 0.717) is 12.3 Å². The first-order valence-corrected chi connectivity index (χ1v) is 7.50. The third-order valence-corrected chi connectivity index (χ3v) is 4.20. The second-order valence-corrected chi connectivity index (χ2v) is 6.80. The predicted octanol–water partition coefficient (Wildman–Crippen LogP) is 2.93. The molecule has 1 unspecified atom stereocenters. The predicted molar refractivity (Wildman–Crippen MR) is 80.6 cm³/mol. The second-order valence-electron chi connectivity index (χ2n) is 5.89. The van der Waals surface area contributed by atoms with Gasteiger partial charge in [0.05, 0.1) is 5.54 Å². The van der Waals surface area contributed by atoms with Gasteiger partial charge in [-0.05, 0) is 50.3 Å². The summed E-state index contributed by atoms with van der Waals surface area (Å²) in [5.41, 5.74) is 6.70. The number of carbonyl (C=O) groups is 1. The maximum absolute atomic E-state index is 12.0. The highest BCUT2D eigenvalue weighted by Crippen LogP contribution is 2.33. The number of halogens is 1. The van der Waals surface area contributed by atoms with Gasteiger partial charge in [-0.3, -0.25) is 4.79 Å². The highest BCUT2D eigenvalue weighted by atomic mass is 79.9. The standard InChI is InChI=1S/C15H21BrN2O/c1-15(2,11-5-7-12(16)8-6-11)18-14(19)9-13(17)10-3-4-10/h5-8,10,13H,3-4,9,17H2,1-2H3,(H,18,19). The zero-order valence-electron chi connectivity index (χ0n) is 11.4. The van der Waals surface area contributed by atoms with Crippen LogP contribution < -0.4 is 11.1 Å². The molecule has 1 aromatic rings. The van der Waals surface area contributed by atoms with Gasteiger partial charge in [0.1, 0.15) is 0 Å². The molecule has 19 heavy (non-hydrogen) atoms. The molecule has 1 aromatic carbocycles. The van der Waals surface area contributed by atoms with Crippen molar-refractivity contribution in [2.75, 3.05) is 0 Å². The van der Waals surface area contributed by atoms with Gasteiger partial charge in [-0.1, -0.05) is 28.1 Å². The fourth-order valence-electron chi connectivity index (χ4n) is 2.24. The van der Waals surface area contributed by atoms with Crippen molar-refractivity contribution in [1.29, 1.82) is 0 Å². The van der Waals surface area contributed by atoms with Crippen LogP contribution in [0.2, 0.25) is 0 Å². The molecular weight excluding hydrogens is 304 g/mol. The van der Waals surface area contributed by atoms with Crippen LogP contribution in [0.4, 0.5) is 0 Å². The summed E-state index contributed by atoms with van der Waals surface area (Å²) in [5, 5.41) is 3.07. The van der Waals surface area contributed by atoms with Crippen molar-refractivity contribution in [2.45, 2.75) is 44.7 Å². The van der Waals surface area contributed by atoms with E-state index in [-0.39, 0.29) is 17.5 Å². The Bertz CT molecular complexity index is 452. The number of nitrogens with one attached hydrogen (secondary N) is 1. The van der Waals surface area contributed by atoms with Gasteiger partial charge in [-0.25, -0.2) is 0 Å². The Balaban J connectivity index is 1.95. The van der Waals surface area contributed by atoms with E-state index in [2.05, 4.69) is 21.2 Å². The average Bonchev–Trinajstić information content (AvgIpc) is 3.12. The zero-order valence-corrected chi connectivity index (χ0v) is 13.0. The van der Waals surface area contributed by atoms with Gasteiger partial charge in [0.25, 0.3) is 0 Å². The summed E-state index contributed by atoms with van der Waals surface area (Å²) in [6, 6.07) is 8.02. The third kappa shape index (κ3) is 4.05. The lowest BCUT2D eigenvalue weighted by Crippen LogP contribution is -2.43. The molecule has 3 N–H and O–H groups in total. The van der Waals surface area contributed by atoms with Crippen LogP contribution >= 0.6 is 15.9 Å². The molecule has 1 atom stereocenters. The largest absolute Gasteiger partial charge is 0.347 e. The normalized spacial score (nSPS) is 17.1. The van der Waals surface area contributed by atoms with Gasteiger partial charge in [-0.2, -0.15) is 0 Å². The van der Waals surface area contributed by atoms with Crippen molar-refractivity contribution in [3.05, 3.63) is 34.3 Å². The lowest BCUT2D eigenvalue weighted by Gasteiger charge is -2.27. The van der Waals surface area contributed by atoms with E-state index in [4.69, 9.17) is 5.73 Å². The lowest BCUT2D eigenvalue weighted by atomic mass is 9.94. The van der Waals surface area contributed by atoms with E-state index < -0.39 is 0 Å². The molecule has 1 amide bonds. The molecule has 1 fully saturated rings. The maximum atomic E-state index is 12.0. The Labute approximate surface area is 123 Å².